The Morgan fingerprint density at radius 2 is 1.76 bits per heavy atom. The standard InChI is InChI=1S/C16H12N2O3/c1-21-12-8-6-11(7-9-12)16(19)14-5-3-2-4-13(14)15(10-17)18-20/h2-9,20H,1H3/b18-15-. The molecule has 0 spiro atoms. The lowest BCUT2D eigenvalue weighted by atomic mass is 9.96. The number of hydrogen-bond acceptors (Lipinski definition) is 5. The van der Waals surface area contributed by atoms with E-state index < -0.39 is 0 Å². The molecule has 0 saturated carbocycles. The van der Waals surface area contributed by atoms with Gasteiger partial charge in [0.2, 0.25) is 0 Å². The number of methoxy groups -OCH3 is 1. The van der Waals surface area contributed by atoms with Gasteiger partial charge >= 0.3 is 0 Å². The molecule has 0 aliphatic heterocycles. The zero-order chi connectivity index (χ0) is 15.2. The van der Waals surface area contributed by atoms with Gasteiger partial charge in [0.15, 0.2) is 11.5 Å². The Morgan fingerprint density at radius 3 is 2.29 bits per heavy atom. The average Bonchev–Trinajstić information content (AvgIpc) is 2.56. The zero-order valence-electron chi connectivity index (χ0n) is 11.3. The summed E-state index contributed by atoms with van der Waals surface area (Å²) in [6.45, 7) is 0. The van der Waals surface area contributed by atoms with Crippen LogP contribution in [0.25, 0.3) is 0 Å². The number of oxime groups is 1. The second kappa shape index (κ2) is 6.35. The number of nitrogens with zero attached hydrogens (tertiary/aromatic N) is 2. The van der Waals surface area contributed by atoms with Gasteiger partial charge in [0, 0.05) is 16.7 Å². The number of rotatable bonds is 4. The lowest BCUT2D eigenvalue weighted by Crippen LogP contribution is -2.09. The zero-order valence-corrected chi connectivity index (χ0v) is 11.3. The first-order chi connectivity index (χ1) is 10.2. The third-order valence-electron chi connectivity index (χ3n) is 2.98. The molecule has 104 valence electrons. The van der Waals surface area contributed by atoms with Gasteiger partial charge in [0.1, 0.15) is 11.8 Å². The van der Waals surface area contributed by atoms with Crippen molar-refractivity contribution in [3.63, 3.8) is 0 Å². The number of ether oxygens (including phenoxy) is 1. The van der Waals surface area contributed by atoms with Crippen LogP contribution in [0.4, 0.5) is 0 Å². The number of carbonyl (C=O) groups is 1. The Bertz CT molecular complexity index is 728. The van der Waals surface area contributed by atoms with Crippen molar-refractivity contribution in [1.29, 1.82) is 5.26 Å². The highest BCUT2D eigenvalue weighted by atomic mass is 16.5. The summed E-state index contributed by atoms with van der Waals surface area (Å²) in [5.74, 6) is 0.388. The van der Waals surface area contributed by atoms with Crippen LogP contribution in [0.15, 0.2) is 53.7 Å². The van der Waals surface area contributed by atoms with E-state index in [1.807, 2.05) is 0 Å². The molecule has 5 heteroatoms. The van der Waals surface area contributed by atoms with Crippen molar-refractivity contribution in [3.8, 4) is 11.8 Å². The SMILES string of the molecule is COc1ccc(C(=O)c2ccccc2/C(C#N)=N\O)cc1. The van der Waals surface area contributed by atoms with Gasteiger partial charge in [-0.25, -0.2) is 0 Å². The second-order valence-corrected chi connectivity index (χ2v) is 4.16. The van der Waals surface area contributed by atoms with Crippen LogP contribution in [-0.2, 0) is 0 Å². The molecule has 21 heavy (non-hydrogen) atoms. The monoisotopic (exact) mass is 280 g/mol. The normalized spacial score (nSPS) is 10.8. The van der Waals surface area contributed by atoms with Crippen molar-refractivity contribution in [2.24, 2.45) is 5.16 Å². The third-order valence-corrected chi connectivity index (χ3v) is 2.98. The lowest BCUT2D eigenvalue weighted by Gasteiger charge is -2.07. The molecule has 2 rings (SSSR count). The van der Waals surface area contributed by atoms with E-state index in [1.54, 1.807) is 61.7 Å². The van der Waals surface area contributed by atoms with Gasteiger partial charge in [0.05, 0.1) is 7.11 Å². The predicted molar refractivity (Wildman–Crippen MR) is 76.8 cm³/mol. The molecule has 1 N–H and O–H groups in total. The van der Waals surface area contributed by atoms with E-state index in [-0.39, 0.29) is 11.5 Å². The van der Waals surface area contributed by atoms with E-state index in [0.717, 1.165) is 0 Å². The van der Waals surface area contributed by atoms with Gasteiger partial charge in [-0.15, -0.1) is 0 Å². The van der Waals surface area contributed by atoms with E-state index in [4.69, 9.17) is 15.2 Å². The quantitative estimate of drug-likeness (QED) is 0.404. The molecule has 0 saturated heterocycles. The summed E-state index contributed by atoms with van der Waals surface area (Å²) < 4.78 is 5.04. The van der Waals surface area contributed by atoms with E-state index in [1.165, 1.54) is 0 Å². The summed E-state index contributed by atoms with van der Waals surface area (Å²) in [5.41, 5.74) is 0.853. The molecule has 0 fully saturated rings. The highest BCUT2D eigenvalue weighted by molar-refractivity contribution is 6.20. The topological polar surface area (TPSA) is 82.7 Å². The number of ketones is 1. The van der Waals surface area contributed by atoms with E-state index in [9.17, 15) is 4.79 Å². The van der Waals surface area contributed by atoms with Crippen molar-refractivity contribution in [2.75, 3.05) is 7.11 Å². The largest absolute Gasteiger partial charge is 0.497 e. The molecule has 0 aliphatic rings. The lowest BCUT2D eigenvalue weighted by molar-refractivity contribution is 0.103. The Labute approximate surface area is 121 Å². The van der Waals surface area contributed by atoms with Crippen molar-refractivity contribution in [1.82, 2.24) is 0 Å². The minimum Gasteiger partial charge on any atom is -0.497 e. The molecule has 0 atom stereocenters. The fraction of sp³-hybridized carbons (Fsp3) is 0.0625. The molecular formula is C16H12N2O3. The molecule has 5 nitrogen and oxygen atoms in total. The molecule has 0 heterocycles. The van der Waals surface area contributed by atoms with Crippen LogP contribution in [-0.4, -0.2) is 23.8 Å². The number of hydrogen-bond donors (Lipinski definition) is 1. The van der Waals surface area contributed by atoms with E-state index in [0.29, 0.717) is 22.4 Å². The first-order valence-electron chi connectivity index (χ1n) is 6.11. The van der Waals surface area contributed by atoms with Gasteiger partial charge in [-0.2, -0.15) is 5.26 Å². The fourth-order valence-electron chi connectivity index (χ4n) is 1.92. The molecule has 0 unspecified atom stereocenters. The third kappa shape index (κ3) is 2.90. The van der Waals surface area contributed by atoms with Crippen LogP contribution >= 0.6 is 0 Å². The first-order valence-corrected chi connectivity index (χ1v) is 6.11. The van der Waals surface area contributed by atoms with Crippen molar-refractivity contribution >= 4 is 11.5 Å². The molecule has 0 amide bonds. The summed E-state index contributed by atoms with van der Waals surface area (Å²) in [6.07, 6.45) is 0. The number of carbonyl (C=O) groups excluding carboxylic acids is 1. The maximum absolute atomic E-state index is 12.5. The van der Waals surface area contributed by atoms with Gasteiger partial charge in [0.25, 0.3) is 0 Å². The summed E-state index contributed by atoms with van der Waals surface area (Å²) >= 11 is 0. The maximum Gasteiger partial charge on any atom is 0.193 e. The van der Waals surface area contributed by atoms with Gasteiger partial charge in [-0.3, -0.25) is 4.79 Å². The number of benzene rings is 2. The Hall–Kier alpha value is -3.13. The highest BCUT2D eigenvalue weighted by Crippen LogP contribution is 2.18. The molecule has 0 aliphatic carbocycles. The Morgan fingerprint density at radius 1 is 1.14 bits per heavy atom. The van der Waals surface area contributed by atoms with E-state index in [2.05, 4.69) is 5.16 Å². The van der Waals surface area contributed by atoms with Crippen molar-refractivity contribution < 1.29 is 14.7 Å². The van der Waals surface area contributed by atoms with Crippen LogP contribution < -0.4 is 4.74 Å². The van der Waals surface area contributed by atoms with Crippen LogP contribution in [0.3, 0.4) is 0 Å². The Balaban J connectivity index is 2.46. The molecular weight excluding hydrogens is 268 g/mol. The van der Waals surface area contributed by atoms with Gasteiger partial charge in [-0.05, 0) is 24.3 Å². The van der Waals surface area contributed by atoms with E-state index >= 15 is 0 Å². The summed E-state index contributed by atoms with van der Waals surface area (Å²) in [6, 6.07) is 14.9. The average molecular weight is 280 g/mol. The fourth-order valence-corrected chi connectivity index (χ4v) is 1.92. The minimum atomic E-state index is -0.260. The van der Waals surface area contributed by atoms with Crippen LogP contribution in [0, 0.1) is 11.3 Å². The molecule has 2 aromatic rings. The van der Waals surface area contributed by atoms with Crippen molar-refractivity contribution in [3.05, 3.63) is 65.2 Å². The summed E-state index contributed by atoms with van der Waals surface area (Å²) in [4.78, 5) is 12.5. The second-order valence-electron chi connectivity index (χ2n) is 4.16. The molecule has 0 radical (unpaired) electrons. The smallest absolute Gasteiger partial charge is 0.193 e. The molecule has 0 bridgehead atoms. The molecule has 0 aromatic heterocycles. The highest BCUT2D eigenvalue weighted by Gasteiger charge is 2.17. The van der Waals surface area contributed by atoms with Crippen molar-refractivity contribution in [2.45, 2.75) is 0 Å². The van der Waals surface area contributed by atoms with Crippen LogP contribution in [0.1, 0.15) is 21.5 Å². The van der Waals surface area contributed by atoms with Crippen LogP contribution in [0.2, 0.25) is 0 Å². The first kappa shape index (κ1) is 14.3. The number of nitriles is 1. The summed E-state index contributed by atoms with van der Waals surface area (Å²) in [7, 11) is 1.54. The predicted octanol–water partition coefficient (Wildman–Crippen LogP) is 2.63. The van der Waals surface area contributed by atoms with Crippen LogP contribution in [0.5, 0.6) is 5.75 Å². The van der Waals surface area contributed by atoms with Gasteiger partial charge < -0.3 is 9.94 Å². The molecule has 2 aromatic carbocycles. The Kier molecular flexibility index (Phi) is 4.32. The minimum absolute atomic E-state index is 0.201. The maximum atomic E-state index is 12.5. The van der Waals surface area contributed by atoms with Gasteiger partial charge in [-0.1, -0.05) is 29.4 Å². The summed E-state index contributed by atoms with van der Waals surface area (Å²) in [5, 5.41) is 20.7.